The Kier molecular flexibility index (Phi) is 1.08. The first-order chi connectivity index (χ1) is 2.89. The molecule has 0 N–H and O–H groups in total. The minimum absolute atomic E-state index is 0.708. The molecule has 0 atom stereocenters. The topological polar surface area (TPSA) is 12.5 Å². The van der Waals surface area contributed by atoms with Gasteiger partial charge in [0.15, 0.2) is 0 Å². The monoisotopic (exact) mass is 86.1 g/mol. The van der Waals surface area contributed by atoms with Gasteiger partial charge in [0, 0.05) is 0 Å². The van der Waals surface area contributed by atoms with Gasteiger partial charge in [-0.2, -0.15) is 0 Å². The minimum Gasteiger partial charge on any atom is -0.436 e. The highest BCUT2D eigenvalue weighted by molar-refractivity contribution is 4.53. The molecule has 1 aliphatic rings. The molecule has 1 aliphatic heterocycles. The van der Waals surface area contributed by atoms with Crippen molar-refractivity contribution in [3.05, 3.63) is 7.05 Å². The number of ether oxygens (including phenoxy) is 1. The molecule has 0 aromatic rings. The summed E-state index contributed by atoms with van der Waals surface area (Å²) >= 11 is 0. The smallest absolute Gasteiger partial charge is 0.0720 e. The number of rotatable bonds is 0. The second-order valence-corrected chi connectivity index (χ2v) is 1.43. The molecule has 1 saturated heterocycles. The van der Waals surface area contributed by atoms with Crippen molar-refractivity contribution < 1.29 is 4.74 Å². The number of hydrogen-bond donors (Lipinski definition) is 0. The van der Waals surface area contributed by atoms with Gasteiger partial charge in [0.05, 0.1) is 13.3 Å². The summed E-state index contributed by atoms with van der Waals surface area (Å²) < 4.78 is 4.92. The van der Waals surface area contributed by atoms with E-state index in [4.69, 9.17) is 4.74 Å². The quantitative estimate of drug-likeness (QED) is 0.387. The van der Waals surface area contributed by atoms with E-state index in [2.05, 4.69) is 7.05 Å². The second kappa shape index (κ2) is 1.58. The van der Waals surface area contributed by atoms with Gasteiger partial charge in [-0.15, -0.1) is 0 Å². The van der Waals surface area contributed by atoms with Crippen LogP contribution in [0.15, 0.2) is 0 Å². The summed E-state index contributed by atoms with van der Waals surface area (Å²) in [5.41, 5.74) is 0. The van der Waals surface area contributed by atoms with E-state index in [1.165, 1.54) is 0 Å². The number of nitrogens with zero attached hydrogens (tertiary/aromatic N) is 1. The highest BCUT2D eigenvalue weighted by Gasteiger charge is 1.97. The van der Waals surface area contributed by atoms with Crippen molar-refractivity contribution in [3.8, 4) is 0 Å². The van der Waals surface area contributed by atoms with Crippen LogP contribution in [0.1, 0.15) is 0 Å². The molecule has 0 aromatic heterocycles. The van der Waals surface area contributed by atoms with Gasteiger partial charge in [0.25, 0.3) is 0 Å². The number of hydrogen-bond acceptors (Lipinski definition) is 2. The summed E-state index contributed by atoms with van der Waals surface area (Å²) in [6.45, 7) is 2.55. The van der Waals surface area contributed by atoms with Gasteiger partial charge in [-0.3, -0.25) is 7.05 Å². The van der Waals surface area contributed by atoms with Crippen LogP contribution in [0, 0.1) is 7.05 Å². The van der Waals surface area contributed by atoms with Gasteiger partial charge in [0.2, 0.25) is 0 Å². The van der Waals surface area contributed by atoms with Crippen LogP contribution in [0.5, 0.6) is 0 Å². The van der Waals surface area contributed by atoms with Crippen molar-refractivity contribution in [2.45, 2.75) is 0 Å². The summed E-state index contributed by atoms with van der Waals surface area (Å²) in [6, 6.07) is 0. The summed E-state index contributed by atoms with van der Waals surface area (Å²) in [5.74, 6) is 0. The van der Waals surface area contributed by atoms with Crippen molar-refractivity contribution >= 4 is 0 Å². The SMILES string of the molecule is [CH2-]N1CCOC1. The summed E-state index contributed by atoms with van der Waals surface area (Å²) in [7, 11) is 3.65. The summed E-state index contributed by atoms with van der Waals surface area (Å²) in [4.78, 5) is 1.89. The molecule has 2 heteroatoms. The Morgan fingerprint density at radius 2 is 2.50 bits per heavy atom. The molecule has 2 nitrogen and oxygen atoms in total. The maximum Gasteiger partial charge on any atom is 0.0720 e. The van der Waals surface area contributed by atoms with Crippen LogP contribution in [-0.4, -0.2) is 24.8 Å². The van der Waals surface area contributed by atoms with E-state index in [0.29, 0.717) is 6.73 Å². The maximum atomic E-state index is 4.92. The molecular formula is C4H8NO-. The van der Waals surface area contributed by atoms with Gasteiger partial charge in [-0.05, 0) is 6.54 Å². The van der Waals surface area contributed by atoms with E-state index in [9.17, 15) is 0 Å². The average molecular weight is 86.1 g/mol. The van der Waals surface area contributed by atoms with Crippen LogP contribution in [0.3, 0.4) is 0 Å². The van der Waals surface area contributed by atoms with Crippen molar-refractivity contribution in [1.29, 1.82) is 0 Å². The lowest BCUT2D eigenvalue weighted by Crippen LogP contribution is -2.08. The first kappa shape index (κ1) is 4.09. The lowest BCUT2D eigenvalue weighted by Gasteiger charge is -2.10. The zero-order valence-corrected chi connectivity index (χ0v) is 3.68. The van der Waals surface area contributed by atoms with Crippen LogP contribution in [-0.2, 0) is 4.74 Å². The van der Waals surface area contributed by atoms with Crippen LogP contribution < -0.4 is 0 Å². The van der Waals surface area contributed by atoms with Crippen LogP contribution in [0.2, 0.25) is 0 Å². The van der Waals surface area contributed by atoms with Gasteiger partial charge >= 0.3 is 0 Å². The highest BCUT2D eigenvalue weighted by atomic mass is 16.5. The molecule has 0 spiro atoms. The molecule has 1 fully saturated rings. The summed E-state index contributed by atoms with van der Waals surface area (Å²) in [5, 5.41) is 0. The molecule has 0 radical (unpaired) electrons. The van der Waals surface area contributed by atoms with Crippen LogP contribution >= 0.6 is 0 Å². The predicted octanol–water partition coefficient (Wildman–Crippen LogP) is 0.0677. The minimum atomic E-state index is 0.708. The van der Waals surface area contributed by atoms with E-state index in [1.54, 1.807) is 0 Å². The maximum absolute atomic E-state index is 4.92. The third kappa shape index (κ3) is 0.698. The molecule has 0 saturated carbocycles. The van der Waals surface area contributed by atoms with E-state index in [0.717, 1.165) is 13.2 Å². The molecule has 0 bridgehead atoms. The predicted molar refractivity (Wildman–Crippen MR) is 22.9 cm³/mol. The van der Waals surface area contributed by atoms with E-state index in [1.807, 2.05) is 4.90 Å². The van der Waals surface area contributed by atoms with Gasteiger partial charge in [0.1, 0.15) is 0 Å². The third-order valence-electron chi connectivity index (χ3n) is 0.826. The zero-order valence-electron chi connectivity index (χ0n) is 3.68. The Morgan fingerprint density at radius 1 is 1.67 bits per heavy atom. The van der Waals surface area contributed by atoms with E-state index >= 15 is 0 Å². The fourth-order valence-electron chi connectivity index (χ4n) is 0.452. The first-order valence-corrected chi connectivity index (χ1v) is 2.03. The van der Waals surface area contributed by atoms with Crippen LogP contribution in [0.25, 0.3) is 0 Å². The van der Waals surface area contributed by atoms with Crippen molar-refractivity contribution in [3.63, 3.8) is 0 Å². The molecule has 0 amide bonds. The van der Waals surface area contributed by atoms with Crippen molar-refractivity contribution in [2.24, 2.45) is 0 Å². The molecule has 0 aliphatic carbocycles. The Labute approximate surface area is 37.7 Å². The molecule has 1 rings (SSSR count). The van der Waals surface area contributed by atoms with Gasteiger partial charge in [-0.1, -0.05) is 0 Å². The normalized spacial score (nSPS) is 25.5. The molecular weight excluding hydrogens is 78.0 g/mol. The van der Waals surface area contributed by atoms with Gasteiger partial charge < -0.3 is 9.64 Å². The average Bonchev–Trinajstić information content (AvgIpc) is 1.86. The molecule has 0 unspecified atom stereocenters. The first-order valence-electron chi connectivity index (χ1n) is 2.03. The zero-order chi connectivity index (χ0) is 4.41. The fraction of sp³-hybridized carbons (Fsp3) is 0.750. The van der Waals surface area contributed by atoms with Gasteiger partial charge in [-0.25, -0.2) is 0 Å². The second-order valence-electron chi connectivity index (χ2n) is 1.43. The Hall–Kier alpha value is -0.0800. The van der Waals surface area contributed by atoms with E-state index < -0.39 is 0 Å². The molecule has 0 aromatic carbocycles. The van der Waals surface area contributed by atoms with Crippen molar-refractivity contribution in [1.82, 2.24) is 4.90 Å². The largest absolute Gasteiger partial charge is 0.436 e. The van der Waals surface area contributed by atoms with Crippen LogP contribution in [0.4, 0.5) is 0 Å². The summed E-state index contributed by atoms with van der Waals surface area (Å²) in [6.07, 6.45) is 0. The lowest BCUT2D eigenvalue weighted by molar-refractivity contribution is 0.161. The molecule has 6 heavy (non-hydrogen) atoms. The Balaban J connectivity index is 2.18. The Morgan fingerprint density at radius 3 is 2.67 bits per heavy atom. The standard InChI is InChI=1S/C4H8NO/c1-5-2-3-6-4-5/h1-4H2/q-1. The molecule has 1 heterocycles. The Bertz CT molecular complexity index is 40.8. The van der Waals surface area contributed by atoms with Crippen molar-refractivity contribution in [2.75, 3.05) is 19.9 Å². The third-order valence-corrected chi connectivity index (χ3v) is 0.826. The fourth-order valence-corrected chi connectivity index (χ4v) is 0.452. The molecule has 36 valence electrons. The lowest BCUT2D eigenvalue weighted by atomic mass is 10.7. The van der Waals surface area contributed by atoms with E-state index in [-0.39, 0.29) is 0 Å². The highest BCUT2D eigenvalue weighted by Crippen LogP contribution is 1.92.